The molecule has 0 spiro atoms. The van der Waals surface area contributed by atoms with Gasteiger partial charge in [0.25, 0.3) is 6.43 Å². The number of carbonyl (C=O) groups excluding carboxylic acids is 1. The van der Waals surface area contributed by atoms with E-state index in [1.807, 2.05) is 6.07 Å². The van der Waals surface area contributed by atoms with E-state index in [4.69, 9.17) is 5.26 Å². The molecule has 0 atom stereocenters. The van der Waals surface area contributed by atoms with Crippen molar-refractivity contribution in [3.63, 3.8) is 0 Å². The molecular weight excluding hydrogens is 254 g/mol. The first kappa shape index (κ1) is 12.8. The molecule has 19 heavy (non-hydrogen) atoms. The van der Waals surface area contributed by atoms with Crippen LogP contribution in [0.2, 0.25) is 0 Å². The molecule has 96 valence electrons. The molecule has 0 N–H and O–H groups in total. The van der Waals surface area contributed by atoms with Crippen LogP contribution in [-0.4, -0.2) is 21.1 Å². The van der Waals surface area contributed by atoms with Crippen LogP contribution in [0.1, 0.15) is 33.6 Å². The molecule has 0 aliphatic heterocycles. The Morgan fingerprint density at radius 1 is 1.53 bits per heavy atom. The third kappa shape index (κ3) is 2.33. The molecule has 0 saturated heterocycles. The van der Waals surface area contributed by atoms with Crippen molar-refractivity contribution in [2.75, 3.05) is 0 Å². The standard InChI is InChI=1S/C12H8F2N4O/c1-7-2-10(16-4-8(7)3-15)18-5-9(6-19)11(17-18)12(13)14/h2,4-6,12H,1H3. The van der Waals surface area contributed by atoms with Crippen molar-refractivity contribution in [1.29, 1.82) is 5.26 Å². The van der Waals surface area contributed by atoms with Crippen LogP contribution in [-0.2, 0) is 0 Å². The summed E-state index contributed by atoms with van der Waals surface area (Å²) in [6.45, 7) is 1.70. The van der Waals surface area contributed by atoms with Gasteiger partial charge in [-0.2, -0.15) is 10.4 Å². The molecule has 0 amide bonds. The molecule has 2 heterocycles. The highest BCUT2D eigenvalue weighted by atomic mass is 19.3. The Balaban J connectivity index is 2.51. The molecule has 0 saturated carbocycles. The monoisotopic (exact) mass is 262 g/mol. The van der Waals surface area contributed by atoms with Crippen molar-refractivity contribution in [2.45, 2.75) is 13.3 Å². The number of carbonyl (C=O) groups is 1. The van der Waals surface area contributed by atoms with Gasteiger partial charge in [0.05, 0.1) is 11.1 Å². The molecule has 0 aromatic carbocycles. The Labute approximate surface area is 107 Å². The van der Waals surface area contributed by atoms with E-state index >= 15 is 0 Å². The Hall–Kier alpha value is -2.62. The summed E-state index contributed by atoms with van der Waals surface area (Å²) in [6, 6.07) is 3.49. The van der Waals surface area contributed by atoms with Gasteiger partial charge >= 0.3 is 0 Å². The number of pyridine rings is 1. The van der Waals surface area contributed by atoms with Gasteiger partial charge in [0.2, 0.25) is 0 Å². The normalized spacial score (nSPS) is 10.5. The quantitative estimate of drug-likeness (QED) is 0.795. The molecule has 2 rings (SSSR count). The van der Waals surface area contributed by atoms with E-state index in [0.717, 1.165) is 4.68 Å². The van der Waals surface area contributed by atoms with Crippen LogP contribution in [0.15, 0.2) is 18.5 Å². The highest BCUT2D eigenvalue weighted by Crippen LogP contribution is 2.21. The van der Waals surface area contributed by atoms with Gasteiger partial charge in [0.1, 0.15) is 11.8 Å². The number of halogens is 2. The van der Waals surface area contributed by atoms with Crippen LogP contribution in [0.5, 0.6) is 0 Å². The summed E-state index contributed by atoms with van der Waals surface area (Å²) in [6.07, 6.45) is -0.000340. The minimum absolute atomic E-state index is 0.182. The fraction of sp³-hybridized carbons (Fsp3) is 0.167. The summed E-state index contributed by atoms with van der Waals surface area (Å²) >= 11 is 0. The first-order valence-corrected chi connectivity index (χ1v) is 5.27. The lowest BCUT2D eigenvalue weighted by atomic mass is 10.2. The van der Waals surface area contributed by atoms with Gasteiger partial charge in [-0.25, -0.2) is 18.4 Å². The topological polar surface area (TPSA) is 71.6 Å². The van der Waals surface area contributed by atoms with Gasteiger partial charge in [-0.1, -0.05) is 0 Å². The minimum Gasteiger partial charge on any atom is -0.298 e. The van der Waals surface area contributed by atoms with Crippen molar-refractivity contribution in [3.8, 4) is 11.9 Å². The van der Waals surface area contributed by atoms with E-state index in [9.17, 15) is 13.6 Å². The average molecular weight is 262 g/mol. The Morgan fingerprint density at radius 2 is 2.26 bits per heavy atom. The second-order valence-electron chi connectivity index (χ2n) is 3.80. The fourth-order valence-corrected chi connectivity index (χ4v) is 1.56. The number of hydrogen-bond acceptors (Lipinski definition) is 4. The van der Waals surface area contributed by atoms with E-state index in [-0.39, 0.29) is 11.4 Å². The van der Waals surface area contributed by atoms with Gasteiger partial charge < -0.3 is 0 Å². The smallest absolute Gasteiger partial charge is 0.282 e. The highest BCUT2D eigenvalue weighted by Gasteiger charge is 2.18. The van der Waals surface area contributed by atoms with Crippen LogP contribution in [0.25, 0.3) is 5.82 Å². The molecule has 5 nitrogen and oxygen atoms in total. The van der Waals surface area contributed by atoms with Crippen molar-refractivity contribution in [1.82, 2.24) is 14.8 Å². The predicted molar refractivity (Wildman–Crippen MR) is 61.2 cm³/mol. The molecule has 0 radical (unpaired) electrons. The molecule has 2 aromatic rings. The Bertz CT molecular complexity index is 673. The lowest BCUT2D eigenvalue weighted by Crippen LogP contribution is -2.00. The summed E-state index contributed by atoms with van der Waals surface area (Å²) in [4.78, 5) is 14.6. The third-order valence-corrected chi connectivity index (χ3v) is 2.56. The lowest BCUT2D eigenvalue weighted by molar-refractivity contribution is 0.110. The van der Waals surface area contributed by atoms with Crippen molar-refractivity contribution in [2.24, 2.45) is 0 Å². The maximum atomic E-state index is 12.6. The maximum Gasteiger partial charge on any atom is 0.282 e. The van der Waals surface area contributed by atoms with Crippen LogP contribution in [0.3, 0.4) is 0 Å². The van der Waals surface area contributed by atoms with Crippen molar-refractivity contribution >= 4 is 6.29 Å². The molecule has 0 aliphatic rings. The second kappa shape index (κ2) is 4.94. The van der Waals surface area contributed by atoms with Crippen LogP contribution < -0.4 is 0 Å². The lowest BCUT2D eigenvalue weighted by Gasteiger charge is -2.02. The molecule has 0 unspecified atom stereocenters. The number of nitriles is 1. The zero-order valence-electron chi connectivity index (χ0n) is 9.84. The van der Waals surface area contributed by atoms with Crippen molar-refractivity contribution < 1.29 is 13.6 Å². The van der Waals surface area contributed by atoms with Gasteiger partial charge in [0, 0.05) is 12.4 Å². The number of rotatable bonds is 3. The molecular formula is C12H8F2N4O. The number of hydrogen-bond donors (Lipinski definition) is 0. The number of alkyl halides is 2. The number of nitrogens with zero attached hydrogens (tertiary/aromatic N) is 4. The number of aldehydes is 1. The molecule has 7 heteroatoms. The van der Waals surface area contributed by atoms with Crippen LogP contribution in [0.4, 0.5) is 8.78 Å². The van der Waals surface area contributed by atoms with Gasteiger partial charge in [-0.3, -0.25) is 4.79 Å². The Morgan fingerprint density at radius 3 is 2.74 bits per heavy atom. The van der Waals surface area contributed by atoms with Crippen molar-refractivity contribution in [3.05, 3.63) is 40.8 Å². The predicted octanol–water partition coefficient (Wildman–Crippen LogP) is 2.20. The molecule has 2 aromatic heterocycles. The third-order valence-electron chi connectivity index (χ3n) is 2.56. The van der Waals surface area contributed by atoms with E-state index in [0.29, 0.717) is 17.4 Å². The first-order chi connectivity index (χ1) is 9.06. The number of aryl methyl sites for hydroxylation is 1. The SMILES string of the molecule is Cc1cc(-n2cc(C=O)c(C(F)F)n2)ncc1C#N. The fourth-order valence-electron chi connectivity index (χ4n) is 1.56. The maximum absolute atomic E-state index is 12.6. The molecule has 0 bridgehead atoms. The number of aromatic nitrogens is 3. The molecule has 0 aliphatic carbocycles. The summed E-state index contributed by atoms with van der Waals surface area (Å²) in [5, 5.41) is 12.4. The second-order valence-corrected chi connectivity index (χ2v) is 3.80. The van der Waals surface area contributed by atoms with E-state index in [1.54, 1.807) is 6.92 Å². The van der Waals surface area contributed by atoms with Gasteiger partial charge in [-0.15, -0.1) is 0 Å². The zero-order valence-corrected chi connectivity index (χ0v) is 9.84. The highest BCUT2D eigenvalue weighted by molar-refractivity contribution is 5.76. The van der Waals surface area contributed by atoms with Crippen LogP contribution >= 0.6 is 0 Å². The summed E-state index contributed by atoms with van der Waals surface area (Å²) in [5.41, 5.74) is 0.271. The summed E-state index contributed by atoms with van der Waals surface area (Å²) in [7, 11) is 0. The zero-order chi connectivity index (χ0) is 14.0. The van der Waals surface area contributed by atoms with Crippen LogP contribution in [0, 0.1) is 18.3 Å². The largest absolute Gasteiger partial charge is 0.298 e. The Kier molecular flexibility index (Phi) is 3.33. The van der Waals surface area contributed by atoms with E-state index in [2.05, 4.69) is 10.1 Å². The summed E-state index contributed by atoms with van der Waals surface area (Å²) in [5.74, 6) is 0.270. The van der Waals surface area contributed by atoms with Gasteiger partial charge in [0.15, 0.2) is 12.1 Å². The molecule has 0 fully saturated rings. The van der Waals surface area contributed by atoms with E-state index < -0.39 is 12.1 Å². The van der Waals surface area contributed by atoms with E-state index in [1.165, 1.54) is 18.5 Å². The average Bonchev–Trinajstić information content (AvgIpc) is 2.83. The van der Waals surface area contributed by atoms with Gasteiger partial charge in [-0.05, 0) is 18.6 Å². The summed E-state index contributed by atoms with van der Waals surface area (Å²) < 4.78 is 26.4. The first-order valence-electron chi connectivity index (χ1n) is 5.27. The minimum atomic E-state index is -2.83.